The Balaban J connectivity index is 3.46. The summed E-state index contributed by atoms with van der Waals surface area (Å²) in [6, 6.07) is 0. The van der Waals surface area contributed by atoms with Gasteiger partial charge in [-0.2, -0.15) is 0 Å². The average molecular weight is 422 g/mol. The average Bonchev–Trinajstić information content (AvgIpc) is 2.53. The molecular weight excluding hydrogens is 398 g/mol. The van der Waals surface area contributed by atoms with Gasteiger partial charge in [-0.25, -0.2) is 8.78 Å². The molecule has 1 fully saturated rings. The molecule has 164 valence electrons. The van der Waals surface area contributed by atoms with Crippen molar-refractivity contribution >= 4 is 23.9 Å². The number of hydrogen-bond acceptors (Lipinski definition) is 9. The SMILES string of the molecule is C=CCC(F)(F)[C@H]1[C@@H](OC(C)=O)O[C@H](COC(C)=O)[C@@H](OC(C)=O)[C@@H]1OC(C)=O. The highest BCUT2D eigenvalue weighted by molar-refractivity contribution is 5.68. The first kappa shape index (κ1) is 24.5. The van der Waals surface area contributed by atoms with E-state index in [9.17, 15) is 28.0 Å². The highest BCUT2D eigenvalue weighted by Crippen LogP contribution is 2.42. The molecule has 11 heteroatoms. The van der Waals surface area contributed by atoms with Crippen molar-refractivity contribution < 1.29 is 51.6 Å². The first-order chi connectivity index (χ1) is 13.4. The predicted molar refractivity (Wildman–Crippen MR) is 91.4 cm³/mol. The van der Waals surface area contributed by atoms with E-state index >= 15 is 0 Å². The van der Waals surface area contributed by atoms with Crippen molar-refractivity contribution in [2.75, 3.05) is 6.61 Å². The van der Waals surface area contributed by atoms with Crippen LogP contribution in [0.1, 0.15) is 34.1 Å². The van der Waals surface area contributed by atoms with Gasteiger partial charge in [0.05, 0.1) is 0 Å². The summed E-state index contributed by atoms with van der Waals surface area (Å²) < 4.78 is 55.1. The summed E-state index contributed by atoms with van der Waals surface area (Å²) in [5.41, 5.74) is 0. The van der Waals surface area contributed by atoms with E-state index in [1.807, 2.05) is 0 Å². The molecule has 0 aliphatic carbocycles. The highest BCUT2D eigenvalue weighted by Gasteiger charge is 2.60. The predicted octanol–water partition coefficient (Wildman–Crippen LogP) is 1.53. The third-order valence-corrected chi connectivity index (χ3v) is 3.89. The van der Waals surface area contributed by atoms with Crippen LogP contribution in [0.2, 0.25) is 0 Å². The molecule has 1 saturated heterocycles. The van der Waals surface area contributed by atoms with Gasteiger partial charge < -0.3 is 23.7 Å². The van der Waals surface area contributed by atoms with Crippen LogP contribution in [-0.2, 0) is 42.9 Å². The molecule has 29 heavy (non-hydrogen) atoms. The second kappa shape index (κ2) is 10.3. The first-order valence-electron chi connectivity index (χ1n) is 8.68. The molecule has 0 unspecified atom stereocenters. The van der Waals surface area contributed by atoms with Crippen molar-refractivity contribution in [3.63, 3.8) is 0 Å². The fourth-order valence-electron chi connectivity index (χ4n) is 2.94. The molecule has 0 amide bonds. The van der Waals surface area contributed by atoms with Gasteiger partial charge in [-0.3, -0.25) is 19.2 Å². The number of carbonyl (C=O) groups excluding carboxylic acids is 4. The lowest BCUT2D eigenvalue weighted by Crippen LogP contribution is -2.63. The quantitative estimate of drug-likeness (QED) is 0.326. The van der Waals surface area contributed by atoms with Crippen LogP contribution in [0.15, 0.2) is 12.7 Å². The largest absolute Gasteiger partial charge is 0.463 e. The van der Waals surface area contributed by atoms with E-state index in [1.165, 1.54) is 0 Å². The lowest BCUT2D eigenvalue weighted by molar-refractivity contribution is -0.315. The van der Waals surface area contributed by atoms with Crippen LogP contribution in [0, 0.1) is 5.92 Å². The Bertz CT molecular complexity index is 649. The van der Waals surface area contributed by atoms with Crippen LogP contribution in [0.4, 0.5) is 8.78 Å². The van der Waals surface area contributed by atoms with Gasteiger partial charge in [-0.15, -0.1) is 6.58 Å². The van der Waals surface area contributed by atoms with Crippen molar-refractivity contribution in [1.29, 1.82) is 0 Å². The van der Waals surface area contributed by atoms with E-state index in [4.69, 9.17) is 23.7 Å². The third kappa shape index (κ3) is 7.08. The standard InChI is InChI=1S/C18H24F2O9/c1-6-7-18(19,20)14-16(27-11(4)23)15(26-10(3)22)13(8-25-9(2)21)29-17(14)28-12(5)24/h6,13-17H,1,7-8H2,2-5H3/t13-,14-,15-,16-,17+/m1/s1. The van der Waals surface area contributed by atoms with E-state index in [1.54, 1.807) is 0 Å². The van der Waals surface area contributed by atoms with Crippen LogP contribution in [0.25, 0.3) is 0 Å². The molecule has 0 spiro atoms. The zero-order chi connectivity index (χ0) is 22.4. The van der Waals surface area contributed by atoms with E-state index in [0.29, 0.717) is 0 Å². The van der Waals surface area contributed by atoms with Crippen molar-refractivity contribution in [3.05, 3.63) is 12.7 Å². The number of ether oxygens (including phenoxy) is 5. The Kier molecular flexibility index (Phi) is 8.68. The minimum Gasteiger partial charge on any atom is -0.463 e. The summed E-state index contributed by atoms with van der Waals surface area (Å²) in [5.74, 6) is -9.12. The number of esters is 4. The Morgan fingerprint density at radius 3 is 1.90 bits per heavy atom. The number of carbonyl (C=O) groups is 4. The summed E-state index contributed by atoms with van der Waals surface area (Å²) in [4.78, 5) is 45.8. The second-order valence-electron chi connectivity index (χ2n) is 6.38. The normalized spacial score (nSPS) is 26.8. The number of alkyl halides is 2. The smallest absolute Gasteiger partial charge is 0.304 e. The van der Waals surface area contributed by atoms with Crippen molar-refractivity contribution in [3.8, 4) is 0 Å². The molecule has 1 heterocycles. The molecule has 5 atom stereocenters. The molecule has 0 N–H and O–H groups in total. The minimum atomic E-state index is -3.62. The monoisotopic (exact) mass is 422 g/mol. The number of hydrogen-bond donors (Lipinski definition) is 0. The molecule has 1 aliphatic rings. The summed E-state index contributed by atoms with van der Waals surface area (Å²) >= 11 is 0. The van der Waals surface area contributed by atoms with Crippen LogP contribution < -0.4 is 0 Å². The summed E-state index contributed by atoms with van der Waals surface area (Å²) in [6.45, 7) is 6.81. The third-order valence-electron chi connectivity index (χ3n) is 3.89. The molecule has 0 aromatic carbocycles. The summed E-state index contributed by atoms with van der Waals surface area (Å²) in [7, 11) is 0. The van der Waals surface area contributed by atoms with Gasteiger partial charge in [-0.05, 0) is 0 Å². The minimum absolute atomic E-state index is 0.525. The molecule has 0 radical (unpaired) electrons. The van der Waals surface area contributed by atoms with E-state index in [-0.39, 0.29) is 0 Å². The maximum absolute atomic E-state index is 14.9. The second-order valence-corrected chi connectivity index (χ2v) is 6.38. The highest BCUT2D eigenvalue weighted by atomic mass is 19.3. The first-order valence-corrected chi connectivity index (χ1v) is 8.68. The summed E-state index contributed by atoms with van der Waals surface area (Å²) in [5, 5.41) is 0. The lowest BCUT2D eigenvalue weighted by atomic mass is 9.84. The van der Waals surface area contributed by atoms with E-state index < -0.39 is 73.3 Å². The lowest BCUT2D eigenvalue weighted by Gasteiger charge is -2.46. The van der Waals surface area contributed by atoms with Crippen LogP contribution in [0.5, 0.6) is 0 Å². The molecule has 9 nitrogen and oxygen atoms in total. The van der Waals surface area contributed by atoms with Crippen LogP contribution in [0.3, 0.4) is 0 Å². The maximum atomic E-state index is 14.9. The van der Waals surface area contributed by atoms with Crippen molar-refractivity contribution in [2.45, 2.75) is 64.6 Å². The van der Waals surface area contributed by atoms with Crippen LogP contribution in [-0.4, -0.2) is 61.0 Å². The summed E-state index contributed by atoms with van der Waals surface area (Å²) in [6.07, 6.45) is -6.46. The number of rotatable bonds is 8. The van der Waals surface area contributed by atoms with Gasteiger partial charge in [0.2, 0.25) is 6.29 Å². The van der Waals surface area contributed by atoms with Gasteiger partial charge in [0.25, 0.3) is 5.92 Å². The maximum Gasteiger partial charge on any atom is 0.304 e. The molecule has 1 aliphatic heterocycles. The Morgan fingerprint density at radius 1 is 0.931 bits per heavy atom. The van der Waals surface area contributed by atoms with Crippen LogP contribution >= 0.6 is 0 Å². The molecule has 0 bridgehead atoms. The van der Waals surface area contributed by atoms with Crippen molar-refractivity contribution in [2.24, 2.45) is 5.92 Å². The van der Waals surface area contributed by atoms with E-state index in [0.717, 1.165) is 33.8 Å². The molecule has 1 rings (SSSR count). The number of halogens is 2. The van der Waals surface area contributed by atoms with E-state index in [2.05, 4.69) is 6.58 Å². The van der Waals surface area contributed by atoms with Gasteiger partial charge in [0, 0.05) is 34.1 Å². The topological polar surface area (TPSA) is 114 Å². The van der Waals surface area contributed by atoms with Gasteiger partial charge in [0.15, 0.2) is 12.2 Å². The fourth-order valence-corrected chi connectivity index (χ4v) is 2.94. The zero-order valence-electron chi connectivity index (χ0n) is 16.5. The fraction of sp³-hybridized carbons (Fsp3) is 0.667. The van der Waals surface area contributed by atoms with Crippen molar-refractivity contribution in [1.82, 2.24) is 0 Å². The number of allylic oxidation sites excluding steroid dienone is 1. The Morgan fingerprint density at radius 2 is 1.45 bits per heavy atom. The molecule has 0 aromatic rings. The Labute approximate surface area is 166 Å². The molecule has 0 aromatic heterocycles. The molecule has 0 saturated carbocycles. The zero-order valence-corrected chi connectivity index (χ0v) is 16.5. The van der Waals surface area contributed by atoms with Gasteiger partial charge in [-0.1, -0.05) is 6.08 Å². The Hall–Kier alpha value is -2.56. The van der Waals surface area contributed by atoms with Gasteiger partial charge in [0.1, 0.15) is 18.6 Å². The van der Waals surface area contributed by atoms with Gasteiger partial charge >= 0.3 is 23.9 Å². The molecular formula is C18H24F2O9.